The van der Waals surface area contributed by atoms with Gasteiger partial charge in [-0.15, -0.1) is 13.2 Å². The van der Waals surface area contributed by atoms with Gasteiger partial charge in [0.25, 0.3) is 5.69 Å². The van der Waals surface area contributed by atoms with Crippen LogP contribution in [0.25, 0.3) is 0 Å². The van der Waals surface area contributed by atoms with Gasteiger partial charge in [-0.3, -0.25) is 10.1 Å². The molecule has 1 rings (SSSR count). The molecule has 1 N–H and O–H groups in total. The van der Waals surface area contributed by atoms with Gasteiger partial charge in [0, 0.05) is 19.0 Å². The molecule has 0 fully saturated rings. The van der Waals surface area contributed by atoms with E-state index in [1.165, 1.54) is 16.7 Å². The van der Waals surface area contributed by atoms with Crippen LogP contribution < -0.4 is 0 Å². The summed E-state index contributed by atoms with van der Waals surface area (Å²) in [5.41, 5.74) is -0.0000926. The Kier molecular flexibility index (Phi) is 3.82. The first-order chi connectivity index (χ1) is 8.02. The zero-order valence-corrected chi connectivity index (χ0v) is 9.13. The number of nitrogens with zero attached hydrogens (tertiary/aromatic N) is 2. The molecule has 0 saturated heterocycles. The number of carbonyl (C=O) groups is 1. The molecule has 0 aliphatic carbocycles. The number of hydrogen-bond donors (Lipinski definition) is 1. The Morgan fingerprint density at radius 1 is 1.53 bits per heavy atom. The van der Waals surface area contributed by atoms with E-state index in [1.807, 2.05) is 0 Å². The summed E-state index contributed by atoms with van der Waals surface area (Å²) in [6, 6.07) is 1.06. The zero-order valence-electron chi connectivity index (χ0n) is 9.13. The van der Waals surface area contributed by atoms with Gasteiger partial charge in [-0.05, 0) is 0 Å². The minimum Gasteiger partial charge on any atom is -0.477 e. The summed E-state index contributed by atoms with van der Waals surface area (Å²) in [4.78, 5) is 21.2. The highest BCUT2D eigenvalue weighted by atomic mass is 16.6. The van der Waals surface area contributed by atoms with Crippen LogP contribution in [0.1, 0.15) is 16.2 Å². The predicted octanol–water partition coefficient (Wildman–Crippen LogP) is 2.01. The molecule has 6 heteroatoms. The number of hydrogen-bond acceptors (Lipinski definition) is 3. The molecule has 17 heavy (non-hydrogen) atoms. The molecule has 0 aliphatic heterocycles. The third-order valence-electron chi connectivity index (χ3n) is 2.25. The lowest BCUT2D eigenvalue weighted by Crippen LogP contribution is -2.10. The van der Waals surface area contributed by atoms with Crippen LogP contribution in [0.15, 0.2) is 31.4 Å². The van der Waals surface area contributed by atoms with Crippen LogP contribution in [0.2, 0.25) is 0 Å². The predicted molar refractivity (Wildman–Crippen MR) is 62.1 cm³/mol. The molecule has 0 bridgehead atoms. The van der Waals surface area contributed by atoms with Crippen molar-refractivity contribution in [2.45, 2.75) is 13.0 Å². The standard InChI is InChI=1S/C11H12N2O4/c1-3-5-8-9(13(16)17)7-10(11(14)15)12(8)6-4-2/h3-4,7H,1-2,5-6H2,(H,14,15). The van der Waals surface area contributed by atoms with Crippen LogP contribution in [0.5, 0.6) is 0 Å². The molecule has 0 aliphatic rings. The summed E-state index contributed by atoms with van der Waals surface area (Å²) >= 11 is 0. The van der Waals surface area contributed by atoms with Crippen LogP contribution in [-0.4, -0.2) is 20.6 Å². The zero-order chi connectivity index (χ0) is 13.0. The monoisotopic (exact) mass is 236 g/mol. The number of aromatic nitrogens is 1. The minimum absolute atomic E-state index is 0.117. The molecule has 90 valence electrons. The fourth-order valence-corrected chi connectivity index (χ4v) is 1.60. The molecule has 0 aromatic carbocycles. The van der Waals surface area contributed by atoms with Crippen molar-refractivity contribution in [1.82, 2.24) is 4.57 Å². The van der Waals surface area contributed by atoms with E-state index < -0.39 is 10.9 Å². The molecule has 1 heterocycles. The summed E-state index contributed by atoms with van der Waals surface area (Å²) in [7, 11) is 0. The van der Waals surface area contributed by atoms with E-state index in [0.29, 0.717) is 5.69 Å². The van der Waals surface area contributed by atoms with Crippen molar-refractivity contribution in [2.75, 3.05) is 0 Å². The largest absolute Gasteiger partial charge is 0.477 e. The maximum absolute atomic E-state index is 11.0. The third kappa shape index (κ3) is 2.41. The average molecular weight is 236 g/mol. The van der Waals surface area contributed by atoms with Gasteiger partial charge in [-0.2, -0.15) is 0 Å². The Morgan fingerprint density at radius 2 is 2.18 bits per heavy atom. The van der Waals surface area contributed by atoms with E-state index in [-0.39, 0.29) is 24.3 Å². The Balaban J connectivity index is 3.47. The van der Waals surface area contributed by atoms with Crippen LogP contribution >= 0.6 is 0 Å². The van der Waals surface area contributed by atoms with Crippen LogP contribution in [0.4, 0.5) is 5.69 Å². The third-order valence-corrected chi connectivity index (χ3v) is 2.25. The SMILES string of the molecule is C=CCc1c([N+](=O)[O-])cc(C(=O)O)n1CC=C. The van der Waals surface area contributed by atoms with Crippen molar-refractivity contribution in [3.63, 3.8) is 0 Å². The van der Waals surface area contributed by atoms with Gasteiger partial charge in [-0.25, -0.2) is 4.79 Å². The molecular formula is C11H12N2O4. The van der Waals surface area contributed by atoms with Crippen LogP contribution in [0, 0.1) is 10.1 Å². The summed E-state index contributed by atoms with van der Waals surface area (Å²) in [5, 5.41) is 19.8. The highest BCUT2D eigenvalue weighted by molar-refractivity contribution is 5.87. The minimum atomic E-state index is -1.20. The number of nitro groups is 1. The summed E-state index contributed by atoms with van der Waals surface area (Å²) in [6.07, 6.45) is 3.22. The lowest BCUT2D eigenvalue weighted by Gasteiger charge is -2.06. The van der Waals surface area contributed by atoms with Crippen molar-refractivity contribution in [3.8, 4) is 0 Å². The van der Waals surface area contributed by atoms with Crippen molar-refractivity contribution in [1.29, 1.82) is 0 Å². The first-order valence-corrected chi connectivity index (χ1v) is 4.84. The Morgan fingerprint density at radius 3 is 2.59 bits per heavy atom. The van der Waals surface area contributed by atoms with Gasteiger partial charge >= 0.3 is 5.97 Å². The number of allylic oxidation sites excluding steroid dienone is 2. The molecule has 1 aromatic heterocycles. The molecule has 0 saturated carbocycles. The number of rotatable bonds is 6. The van der Waals surface area contributed by atoms with Crippen molar-refractivity contribution in [2.24, 2.45) is 0 Å². The van der Waals surface area contributed by atoms with Crippen LogP contribution in [0.3, 0.4) is 0 Å². The second-order valence-electron chi connectivity index (χ2n) is 3.32. The van der Waals surface area contributed by atoms with Gasteiger partial charge in [-0.1, -0.05) is 12.2 Å². The highest BCUT2D eigenvalue weighted by Gasteiger charge is 2.24. The number of aromatic carboxylic acids is 1. The molecule has 0 spiro atoms. The summed E-state index contributed by atoms with van der Waals surface area (Å²) in [5.74, 6) is -1.20. The topological polar surface area (TPSA) is 85.4 Å². The van der Waals surface area contributed by atoms with E-state index >= 15 is 0 Å². The van der Waals surface area contributed by atoms with Crippen molar-refractivity contribution < 1.29 is 14.8 Å². The Labute approximate surface area is 97.6 Å². The molecule has 0 radical (unpaired) electrons. The van der Waals surface area contributed by atoms with Gasteiger partial charge in [0.05, 0.1) is 4.92 Å². The average Bonchev–Trinajstić information content (AvgIpc) is 2.59. The first-order valence-electron chi connectivity index (χ1n) is 4.84. The molecule has 1 aromatic rings. The van der Waals surface area contributed by atoms with E-state index in [1.54, 1.807) is 0 Å². The maximum Gasteiger partial charge on any atom is 0.352 e. The Bertz CT molecular complexity index is 445. The Hall–Kier alpha value is -2.37. The molecule has 0 amide bonds. The fraction of sp³-hybridized carbons (Fsp3) is 0.182. The maximum atomic E-state index is 11.0. The van der Waals surface area contributed by atoms with Gasteiger partial charge in [0.2, 0.25) is 0 Å². The molecule has 0 unspecified atom stereocenters. The van der Waals surface area contributed by atoms with Gasteiger partial charge < -0.3 is 9.67 Å². The second-order valence-corrected chi connectivity index (χ2v) is 3.32. The fourth-order valence-electron chi connectivity index (χ4n) is 1.60. The lowest BCUT2D eigenvalue weighted by molar-refractivity contribution is -0.385. The number of carboxylic acid groups (broad SMARTS) is 1. The highest BCUT2D eigenvalue weighted by Crippen LogP contribution is 2.25. The molecule has 6 nitrogen and oxygen atoms in total. The van der Waals surface area contributed by atoms with E-state index in [4.69, 9.17) is 5.11 Å². The van der Waals surface area contributed by atoms with E-state index in [0.717, 1.165) is 6.07 Å². The number of carboxylic acids is 1. The van der Waals surface area contributed by atoms with E-state index in [9.17, 15) is 14.9 Å². The molecule has 0 atom stereocenters. The normalized spacial score (nSPS) is 9.88. The van der Waals surface area contributed by atoms with Gasteiger partial charge in [0.1, 0.15) is 11.4 Å². The summed E-state index contributed by atoms with van der Waals surface area (Å²) < 4.78 is 1.36. The lowest BCUT2D eigenvalue weighted by atomic mass is 10.2. The molecular weight excluding hydrogens is 224 g/mol. The second kappa shape index (κ2) is 5.11. The van der Waals surface area contributed by atoms with Gasteiger partial charge in [0.15, 0.2) is 0 Å². The van der Waals surface area contributed by atoms with Crippen molar-refractivity contribution >= 4 is 11.7 Å². The summed E-state index contributed by atoms with van der Waals surface area (Å²) in [6.45, 7) is 7.21. The van der Waals surface area contributed by atoms with Crippen molar-refractivity contribution in [3.05, 3.63) is 52.9 Å². The smallest absolute Gasteiger partial charge is 0.352 e. The quantitative estimate of drug-likeness (QED) is 0.465. The van der Waals surface area contributed by atoms with E-state index in [2.05, 4.69) is 13.2 Å². The first kappa shape index (κ1) is 12.7. The van der Waals surface area contributed by atoms with Crippen LogP contribution in [-0.2, 0) is 13.0 Å².